The average Bonchev–Trinajstić information content (AvgIpc) is 2.66. The van der Waals surface area contributed by atoms with Crippen LogP contribution in [-0.4, -0.2) is 24.5 Å². The van der Waals surface area contributed by atoms with E-state index in [4.69, 9.17) is 4.74 Å². The van der Waals surface area contributed by atoms with Crippen LogP contribution < -0.4 is 15.4 Å². The van der Waals surface area contributed by atoms with Crippen LogP contribution in [0.5, 0.6) is 5.75 Å². The van der Waals surface area contributed by atoms with E-state index in [1.165, 1.54) is 19.2 Å². The number of nitrogens with zero attached hydrogens (tertiary/aromatic N) is 1. The number of hydrogen-bond acceptors (Lipinski definition) is 5. The second-order valence-electron chi connectivity index (χ2n) is 5.57. The Kier molecular flexibility index (Phi) is 4.98. The fourth-order valence-corrected chi connectivity index (χ4v) is 2.64. The summed E-state index contributed by atoms with van der Waals surface area (Å²) in [5, 5.41) is 18.9. The van der Waals surface area contributed by atoms with Crippen molar-refractivity contribution in [1.82, 2.24) is 0 Å². The highest BCUT2D eigenvalue weighted by molar-refractivity contribution is 5.98. The number of nitro benzene ring substituents is 1. The standard InChI is InChI=1S/C19H17N3O4/c1-26-14-9-10-17(18(11-14)22(24)25)21-19(23)12-20-16-8-4-6-13-5-2-3-7-15(13)16/h2-11,20H,12H2,1H3,(H,21,23). The molecule has 0 saturated carbocycles. The predicted molar refractivity (Wildman–Crippen MR) is 101 cm³/mol. The van der Waals surface area contributed by atoms with Crippen molar-refractivity contribution in [2.75, 3.05) is 24.3 Å². The number of methoxy groups -OCH3 is 1. The molecule has 7 heteroatoms. The molecule has 0 bridgehead atoms. The van der Waals surface area contributed by atoms with Crippen molar-refractivity contribution in [3.63, 3.8) is 0 Å². The van der Waals surface area contributed by atoms with Gasteiger partial charge in [-0.2, -0.15) is 0 Å². The number of nitrogens with one attached hydrogen (secondary N) is 2. The topological polar surface area (TPSA) is 93.5 Å². The maximum atomic E-state index is 12.2. The molecule has 26 heavy (non-hydrogen) atoms. The lowest BCUT2D eigenvalue weighted by atomic mass is 10.1. The molecule has 0 fully saturated rings. The Morgan fingerprint density at radius 3 is 2.62 bits per heavy atom. The Bertz CT molecular complexity index is 967. The lowest BCUT2D eigenvalue weighted by Gasteiger charge is -2.11. The second-order valence-corrected chi connectivity index (χ2v) is 5.57. The highest BCUT2D eigenvalue weighted by Crippen LogP contribution is 2.29. The molecule has 0 aromatic heterocycles. The summed E-state index contributed by atoms with van der Waals surface area (Å²) in [6, 6.07) is 17.9. The molecule has 3 aromatic rings. The molecule has 3 rings (SSSR count). The summed E-state index contributed by atoms with van der Waals surface area (Å²) in [5.41, 5.74) is 0.728. The molecule has 0 unspecified atom stereocenters. The first-order valence-corrected chi connectivity index (χ1v) is 7.92. The number of amides is 1. The summed E-state index contributed by atoms with van der Waals surface area (Å²) in [6.45, 7) is -0.0167. The van der Waals surface area contributed by atoms with E-state index in [0.717, 1.165) is 16.5 Å². The Balaban J connectivity index is 1.72. The third-order valence-electron chi connectivity index (χ3n) is 3.90. The summed E-state index contributed by atoms with van der Waals surface area (Å²) in [4.78, 5) is 22.8. The first-order chi connectivity index (χ1) is 12.6. The highest BCUT2D eigenvalue weighted by atomic mass is 16.6. The zero-order valence-corrected chi connectivity index (χ0v) is 14.1. The number of benzene rings is 3. The largest absolute Gasteiger partial charge is 0.496 e. The smallest absolute Gasteiger partial charge is 0.296 e. The minimum atomic E-state index is -0.559. The fraction of sp³-hybridized carbons (Fsp3) is 0.105. The van der Waals surface area contributed by atoms with Gasteiger partial charge in [-0.3, -0.25) is 14.9 Å². The van der Waals surface area contributed by atoms with Crippen LogP contribution >= 0.6 is 0 Å². The summed E-state index contributed by atoms with van der Waals surface area (Å²) in [6.07, 6.45) is 0. The van der Waals surface area contributed by atoms with Gasteiger partial charge < -0.3 is 15.4 Å². The predicted octanol–water partition coefficient (Wildman–Crippen LogP) is 3.81. The van der Waals surface area contributed by atoms with Crippen molar-refractivity contribution in [2.45, 2.75) is 0 Å². The molecule has 0 heterocycles. The molecule has 2 N–H and O–H groups in total. The van der Waals surface area contributed by atoms with E-state index >= 15 is 0 Å². The summed E-state index contributed by atoms with van der Waals surface area (Å²) in [7, 11) is 1.42. The van der Waals surface area contributed by atoms with Crippen LogP contribution in [0.15, 0.2) is 60.7 Å². The van der Waals surface area contributed by atoms with Crippen LogP contribution in [0.1, 0.15) is 0 Å². The quantitative estimate of drug-likeness (QED) is 0.520. The van der Waals surface area contributed by atoms with Gasteiger partial charge in [0.2, 0.25) is 5.91 Å². The minimum absolute atomic E-state index is 0.0167. The van der Waals surface area contributed by atoms with Crippen molar-refractivity contribution in [2.24, 2.45) is 0 Å². The summed E-state index contributed by atoms with van der Waals surface area (Å²) >= 11 is 0. The van der Waals surface area contributed by atoms with E-state index in [-0.39, 0.29) is 23.8 Å². The Labute approximate surface area is 149 Å². The first kappa shape index (κ1) is 17.2. The van der Waals surface area contributed by atoms with Crippen LogP contribution in [0.25, 0.3) is 10.8 Å². The molecule has 0 saturated heterocycles. The third kappa shape index (κ3) is 3.72. The number of carbonyl (C=O) groups is 1. The van der Waals surface area contributed by atoms with Gasteiger partial charge in [0.1, 0.15) is 11.4 Å². The molecule has 132 valence electrons. The van der Waals surface area contributed by atoms with Crippen molar-refractivity contribution in [1.29, 1.82) is 0 Å². The van der Waals surface area contributed by atoms with E-state index < -0.39 is 4.92 Å². The Morgan fingerprint density at radius 1 is 1.08 bits per heavy atom. The third-order valence-corrected chi connectivity index (χ3v) is 3.90. The number of carbonyl (C=O) groups excluding carboxylic acids is 1. The average molecular weight is 351 g/mol. The summed E-state index contributed by atoms with van der Waals surface area (Å²) in [5.74, 6) is -0.0326. The molecule has 0 aliphatic carbocycles. The molecule has 0 aliphatic heterocycles. The van der Waals surface area contributed by atoms with Gasteiger partial charge in [0.05, 0.1) is 24.6 Å². The van der Waals surface area contributed by atoms with Gasteiger partial charge in [0.25, 0.3) is 5.69 Å². The molecule has 0 atom stereocenters. The van der Waals surface area contributed by atoms with E-state index in [2.05, 4.69) is 10.6 Å². The van der Waals surface area contributed by atoms with E-state index in [1.54, 1.807) is 6.07 Å². The zero-order valence-electron chi connectivity index (χ0n) is 14.1. The maximum absolute atomic E-state index is 12.2. The number of ether oxygens (including phenoxy) is 1. The van der Waals surface area contributed by atoms with Gasteiger partial charge >= 0.3 is 0 Å². The first-order valence-electron chi connectivity index (χ1n) is 7.92. The molecule has 0 spiro atoms. The van der Waals surface area contributed by atoms with Gasteiger partial charge in [0.15, 0.2) is 0 Å². The van der Waals surface area contributed by atoms with Crippen LogP contribution in [0, 0.1) is 10.1 Å². The van der Waals surface area contributed by atoms with Gasteiger partial charge in [-0.05, 0) is 23.6 Å². The SMILES string of the molecule is COc1ccc(NC(=O)CNc2cccc3ccccc23)c([N+](=O)[O-])c1. The van der Waals surface area contributed by atoms with Gasteiger partial charge in [-0.1, -0.05) is 36.4 Å². The Hall–Kier alpha value is -3.61. The van der Waals surface area contributed by atoms with E-state index in [1.807, 2.05) is 42.5 Å². The molecular weight excluding hydrogens is 334 g/mol. The highest BCUT2D eigenvalue weighted by Gasteiger charge is 2.17. The maximum Gasteiger partial charge on any atom is 0.296 e. The summed E-state index contributed by atoms with van der Waals surface area (Å²) < 4.78 is 4.98. The monoisotopic (exact) mass is 351 g/mol. The number of anilines is 2. The van der Waals surface area contributed by atoms with Crippen LogP contribution in [0.4, 0.5) is 17.1 Å². The normalized spacial score (nSPS) is 10.3. The van der Waals surface area contributed by atoms with E-state index in [9.17, 15) is 14.9 Å². The van der Waals surface area contributed by atoms with Crippen LogP contribution in [0.3, 0.4) is 0 Å². The number of rotatable bonds is 6. The molecule has 0 aliphatic rings. The van der Waals surface area contributed by atoms with Crippen molar-refractivity contribution >= 4 is 33.7 Å². The number of hydrogen-bond donors (Lipinski definition) is 2. The number of nitro groups is 1. The van der Waals surface area contributed by atoms with Crippen LogP contribution in [-0.2, 0) is 4.79 Å². The van der Waals surface area contributed by atoms with Crippen molar-refractivity contribution < 1.29 is 14.5 Å². The molecule has 1 amide bonds. The van der Waals surface area contributed by atoms with E-state index in [0.29, 0.717) is 5.75 Å². The van der Waals surface area contributed by atoms with Crippen molar-refractivity contribution in [3.8, 4) is 5.75 Å². The van der Waals surface area contributed by atoms with Gasteiger partial charge in [0, 0.05) is 11.1 Å². The molecule has 7 nitrogen and oxygen atoms in total. The zero-order chi connectivity index (χ0) is 18.5. The van der Waals surface area contributed by atoms with Gasteiger partial charge in [-0.25, -0.2) is 0 Å². The molecule has 0 radical (unpaired) electrons. The second kappa shape index (κ2) is 7.52. The molecular formula is C19H17N3O4. The molecule has 3 aromatic carbocycles. The lowest BCUT2D eigenvalue weighted by molar-refractivity contribution is -0.384. The number of fused-ring (bicyclic) bond motifs is 1. The Morgan fingerprint density at radius 2 is 1.85 bits per heavy atom. The lowest BCUT2D eigenvalue weighted by Crippen LogP contribution is -2.22. The fourth-order valence-electron chi connectivity index (χ4n) is 2.64. The van der Waals surface area contributed by atoms with Gasteiger partial charge in [-0.15, -0.1) is 0 Å². The minimum Gasteiger partial charge on any atom is -0.496 e. The van der Waals surface area contributed by atoms with Crippen molar-refractivity contribution in [3.05, 3.63) is 70.8 Å². The van der Waals surface area contributed by atoms with Crippen LogP contribution in [0.2, 0.25) is 0 Å².